The Morgan fingerprint density at radius 2 is 2.11 bits per heavy atom. The third-order valence-electron chi connectivity index (χ3n) is 4.20. The van der Waals surface area contributed by atoms with Gasteiger partial charge >= 0.3 is 0 Å². The third kappa shape index (κ3) is 4.35. The Hall–Kier alpha value is -2.84. The lowest BCUT2D eigenvalue weighted by molar-refractivity contribution is 0.103. The predicted octanol–water partition coefficient (Wildman–Crippen LogP) is 3.21. The van der Waals surface area contributed by atoms with Crippen LogP contribution in [0.1, 0.15) is 36.2 Å². The molecule has 2 aromatic heterocycles. The van der Waals surface area contributed by atoms with Gasteiger partial charge in [0.1, 0.15) is 5.52 Å². The van der Waals surface area contributed by atoms with Crippen LogP contribution >= 0.6 is 0 Å². The molecule has 0 amide bonds. The SMILES string of the molecule is C=C(C)C(=O)c1c[nH]c2ncc(-c3cccc(CNS(=O)(=O)CCC)c3)nc12. The van der Waals surface area contributed by atoms with Gasteiger partial charge in [-0.15, -0.1) is 0 Å². The second kappa shape index (κ2) is 8.04. The van der Waals surface area contributed by atoms with E-state index in [0.29, 0.717) is 34.4 Å². The van der Waals surface area contributed by atoms with Crippen LogP contribution in [0, 0.1) is 0 Å². The first-order valence-corrected chi connectivity index (χ1v) is 10.6. The number of nitrogens with one attached hydrogen (secondary N) is 2. The topological polar surface area (TPSA) is 105 Å². The summed E-state index contributed by atoms with van der Waals surface area (Å²) in [6.45, 7) is 7.38. The van der Waals surface area contributed by atoms with Crippen LogP contribution in [0.3, 0.4) is 0 Å². The molecular formula is C20H22N4O3S. The first kappa shape index (κ1) is 19.9. The zero-order valence-electron chi connectivity index (χ0n) is 15.8. The summed E-state index contributed by atoms with van der Waals surface area (Å²) in [5.41, 5.74) is 4.06. The summed E-state index contributed by atoms with van der Waals surface area (Å²) in [7, 11) is -3.28. The zero-order chi connectivity index (χ0) is 20.3. The molecule has 0 aliphatic rings. The first-order valence-electron chi connectivity index (χ1n) is 8.91. The van der Waals surface area contributed by atoms with Crippen molar-refractivity contribution in [3.8, 4) is 11.3 Å². The number of aromatic amines is 1. The van der Waals surface area contributed by atoms with E-state index in [-0.39, 0.29) is 18.1 Å². The minimum Gasteiger partial charge on any atom is -0.344 e. The van der Waals surface area contributed by atoms with Crippen molar-refractivity contribution in [1.29, 1.82) is 0 Å². The molecule has 0 bridgehead atoms. The molecule has 0 spiro atoms. The molecule has 3 aromatic rings. The molecule has 0 saturated carbocycles. The lowest BCUT2D eigenvalue weighted by Gasteiger charge is -2.08. The van der Waals surface area contributed by atoms with E-state index in [4.69, 9.17) is 0 Å². The maximum absolute atomic E-state index is 12.3. The van der Waals surface area contributed by atoms with E-state index in [1.165, 1.54) is 0 Å². The number of rotatable bonds is 8. The molecule has 2 N–H and O–H groups in total. The van der Waals surface area contributed by atoms with Gasteiger partial charge in [0.05, 0.1) is 23.2 Å². The van der Waals surface area contributed by atoms with E-state index in [9.17, 15) is 13.2 Å². The maximum atomic E-state index is 12.3. The normalized spacial score (nSPS) is 11.6. The van der Waals surface area contributed by atoms with Crippen molar-refractivity contribution in [3.05, 3.63) is 59.9 Å². The number of carbonyl (C=O) groups is 1. The summed E-state index contributed by atoms with van der Waals surface area (Å²) in [4.78, 5) is 24.2. The van der Waals surface area contributed by atoms with Gasteiger partial charge in [-0.2, -0.15) is 0 Å². The van der Waals surface area contributed by atoms with E-state index >= 15 is 0 Å². The quantitative estimate of drug-likeness (QED) is 0.448. The van der Waals surface area contributed by atoms with Gasteiger partial charge in [0.15, 0.2) is 11.4 Å². The molecular weight excluding hydrogens is 376 g/mol. The Morgan fingerprint density at radius 1 is 1.32 bits per heavy atom. The van der Waals surface area contributed by atoms with Gasteiger partial charge in [0.2, 0.25) is 10.0 Å². The number of ketones is 1. The number of hydrogen-bond donors (Lipinski definition) is 2. The molecule has 7 nitrogen and oxygen atoms in total. The van der Waals surface area contributed by atoms with Crippen molar-refractivity contribution in [2.24, 2.45) is 0 Å². The number of aromatic nitrogens is 3. The molecule has 28 heavy (non-hydrogen) atoms. The highest BCUT2D eigenvalue weighted by Crippen LogP contribution is 2.23. The highest BCUT2D eigenvalue weighted by Gasteiger charge is 2.16. The van der Waals surface area contributed by atoms with Gasteiger partial charge in [-0.1, -0.05) is 31.7 Å². The molecule has 0 saturated heterocycles. The third-order valence-corrected chi connectivity index (χ3v) is 5.73. The fourth-order valence-corrected chi connectivity index (χ4v) is 3.88. The molecule has 3 rings (SSSR count). The summed E-state index contributed by atoms with van der Waals surface area (Å²) < 4.78 is 26.3. The van der Waals surface area contributed by atoms with Crippen molar-refractivity contribution >= 4 is 27.0 Å². The van der Waals surface area contributed by atoms with Crippen molar-refractivity contribution in [3.63, 3.8) is 0 Å². The highest BCUT2D eigenvalue weighted by atomic mass is 32.2. The number of allylic oxidation sites excluding steroid dienone is 1. The van der Waals surface area contributed by atoms with E-state index in [2.05, 4.69) is 26.3 Å². The van der Waals surface area contributed by atoms with Gasteiger partial charge in [0, 0.05) is 18.3 Å². The molecule has 1 aromatic carbocycles. The van der Waals surface area contributed by atoms with Gasteiger partial charge in [-0.05, 0) is 30.5 Å². The summed E-state index contributed by atoms with van der Waals surface area (Å²) >= 11 is 0. The molecule has 8 heteroatoms. The van der Waals surface area contributed by atoms with Crippen LogP contribution in [0.5, 0.6) is 0 Å². The fraction of sp³-hybridized carbons (Fsp3) is 0.250. The number of fused-ring (bicyclic) bond motifs is 1. The summed E-state index contributed by atoms with van der Waals surface area (Å²) in [6, 6.07) is 7.40. The molecule has 0 radical (unpaired) electrons. The van der Waals surface area contributed by atoms with Crippen molar-refractivity contribution in [1.82, 2.24) is 19.7 Å². The summed E-state index contributed by atoms with van der Waals surface area (Å²) in [6.07, 6.45) is 3.77. The Labute approximate surface area is 164 Å². The summed E-state index contributed by atoms with van der Waals surface area (Å²) in [5, 5.41) is 0. The van der Waals surface area contributed by atoms with Crippen LogP contribution in [0.2, 0.25) is 0 Å². The van der Waals surface area contributed by atoms with Crippen LogP contribution in [-0.4, -0.2) is 34.9 Å². The van der Waals surface area contributed by atoms with Gasteiger partial charge in [0.25, 0.3) is 0 Å². The smallest absolute Gasteiger partial charge is 0.211 e. The van der Waals surface area contributed by atoms with E-state index in [1.54, 1.807) is 19.3 Å². The first-order chi connectivity index (χ1) is 13.3. The van der Waals surface area contributed by atoms with Crippen molar-refractivity contribution in [2.45, 2.75) is 26.8 Å². The molecule has 0 unspecified atom stereocenters. The molecule has 0 fully saturated rings. The van der Waals surface area contributed by atoms with E-state index in [0.717, 1.165) is 11.1 Å². The molecule has 0 aliphatic heterocycles. The molecule has 0 atom stereocenters. The Morgan fingerprint density at radius 3 is 2.82 bits per heavy atom. The number of H-pyrrole nitrogens is 1. The van der Waals surface area contributed by atoms with E-state index in [1.807, 2.05) is 31.2 Å². The second-order valence-electron chi connectivity index (χ2n) is 6.60. The monoisotopic (exact) mass is 398 g/mol. The van der Waals surface area contributed by atoms with Gasteiger partial charge in [-0.25, -0.2) is 23.1 Å². The Bertz CT molecular complexity index is 1150. The number of sulfonamides is 1. The maximum Gasteiger partial charge on any atom is 0.211 e. The Kier molecular flexibility index (Phi) is 5.71. The van der Waals surface area contributed by atoms with Gasteiger partial charge in [-0.3, -0.25) is 4.79 Å². The highest BCUT2D eigenvalue weighted by molar-refractivity contribution is 7.89. The molecule has 0 aliphatic carbocycles. The van der Waals surface area contributed by atoms with Crippen molar-refractivity contribution in [2.75, 3.05) is 5.75 Å². The number of Topliss-reactive ketones (excluding diaryl/α,β-unsaturated/α-hetero) is 1. The molecule has 146 valence electrons. The average molecular weight is 398 g/mol. The minimum atomic E-state index is -3.28. The van der Waals surface area contributed by atoms with Crippen LogP contribution in [0.25, 0.3) is 22.4 Å². The average Bonchev–Trinajstić information content (AvgIpc) is 3.09. The molecule has 2 heterocycles. The lowest BCUT2D eigenvalue weighted by Crippen LogP contribution is -2.25. The van der Waals surface area contributed by atoms with Crippen LogP contribution in [0.15, 0.2) is 48.8 Å². The predicted molar refractivity (Wildman–Crippen MR) is 109 cm³/mol. The zero-order valence-corrected chi connectivity index (χ0v) is 16.6. The number of benzene rings is 1. The van der Waals surface area contributed by atoms with Crippen LogP contribution in [0.4, 0.5) is 0 Å². The largest absolute Gasteiger partial charge is 0.344 e. The van der Waals surface area contributed by atoms with Gasteiger partial charge < -0.3 is 4.98 Å². The number of hydrogen-bond acceptors (Lipinski definition) is 5. The minimum absolute atomic E-state index is 0.0991. The Balaban J connectivity index is 1.91. The lowest BCUT2D eigenvalue weighted by atomic mass is 10.1. The van der Waals surface area contributed by atoms with Crippen LogP contribution < -0.4 is 4.72 Å². The fourth-order valence-electron chi connectivity index (χ4n) is 2.81. The number of nitrogens with zero attached hydrogens (tertiary/aromatic N) is 2. The van der Waals surface area contributed by atoms with Crippen molar-refractivity contribution < 1.29 is 13.2 Å². The van der Waals surface area contributed by atoms with E-state index < -0.39 is 10.0 Å². The second-order valence-corrected chi connectivity index (χ2v) is 8.53. The van der Waals surface area contributed by atoms with Crippen LogP contribution in [-0.2, 0) is 16.6 Å². The number of carbonyl (C=O) groups excluding carboxylic acids is 1. The standard InChI is InChI=1S/C20H22N4O3S/c1-4-8-28(26,27)23-10-14-6-5-7-15(9-14)17-12-22-20-18(24-17)16(11-21-20)19(25)13(2)3/h5-7,9,11-12,23H,2,4,8,10H2,1,3H3,(H,21,22). The summed E-state index contributed by atoms with van der Waals surface area (Å²) in [5.74, 6) is -0.0845.